The largest absolute Gasteiger partial charge is 0.508 e. The molecule has 0 aliphatic rings. The summed E-state index contributed by atoms with van der Waals surface area (Å²) in [7, 11) is 0. The molecule has 1 unspecified atom stereocenters. The number of ether oxygens (including phenoxy) is 1. The highest BCUT2D eigenvalue weighted by molar-refractivity contribution is 5.92. The van der Waals surface area contributed by atoms with Gasteiger partial charge in [-0.05, 0) is 44.2 Å². The lowest BCUT2D eigenvalue weighted by molar-refractivity contribution is -0.145. The van der Waals surface area contributed by atoms with Crippen LogP contribution in [0.1, 0.15) is 100 Å². The number of carbonyl (C=O) groups is 2. The number of aromatic carboxylic acids is 1. The maximum atomic E-state index is 11.3. The molecule has 0 radical (unpaired) electrons. The zero-order chi connectivity index (χ0) is 21.6. The summed E-state index contributed by atoms with van der Waals surface area (Å²) in [5, 5.41) is 28.5. The van der Waals surface area contributed by atoms with Crippen molar-refractivity contribution in [1.29, 1.82) is 0 Å². The zero-order valence-electron chi connectivity index (χ0n) is 17.8. The van der Waals surface area contributed by atoms with E-state index in [4.69, 9.17) is 4.74 Å². The number of esters is 1. The molecule has 6 heteroatoms. The summed E-state index contributed by atoms with van der Waals surface area (Å²) in [6, 6.07) is 2.49. The second kappa shape index (κ2) is 13.9. The van der Waals surface area contributed by atoms with Crippen LogP contribution in [0.25, 0.3) is 0 Å². The molecule has 1 aromatic carbocycles. The molecule has 0 aliphatic carbocycles. The summed E-state index contributed by atoms with van der Waals surface area (Å²) in [6.07, 6.45) is 12.7. The number of aryl methyl sites for hydroxylation is 1. The topological polar surface area (TPSA) is 104 Å². The lowest BCUT2D eigenvalue weighted by Crippen LogP contribution is -2.11. The number of carbonyl (C=O) groups excluding carboxylic acids is 1. The van der Waals surface area contributed by atoms with Gasteiger partial charge < -0.3 is 20.1 Å². The molecule has 0 aromatic heterocycles. The van der Waals surface area contributed by atoms with E-state index in [1.807, 2.05) is 6.92 Å². The van der Waals surface area contributed by atoms with Crippen molar-refractivity contribution in [3.05, 3.63) is 23.3 Å². The first-order valence-electron chi connectivity index (χ1n) is 10.8. The molecule has 0 saturated heterocycles. The van der Waals surface area contributed by atoms with Gasteiger partial charge in [-0.25, -0.2) is 4.79 Å². The van der Waals surface area contributed by atoms with Crippen molar-refractivity contribution in [1.82, 2.24) is 0 Å². The standard InChI is InChI=1S/C23H36O6/c1-17(29-18(2)24)13-11-9-7-5-3-4-6-8-10-12-14-19-15-20(25)16-21(26)22(19)23(27)28/h15-17,25-26H,3-14H2,1-2H3,(H,27,28). The third-order valence-electron chi connectivity index (χ3n) is 5.07. The van der Waals surface area contributed by atoms with Gasteiger partial charge in [0, 0.05) is 13.0 Å². The van der Waals surface area contributed by atoms with Crippen molar-refractivity contribution < 1.29 is 29.6 Å². The number of phenolic OH excluding ortho intramolecular Hbond substituents is 1. The van der Waals surface area contributed by atoms with E-state index in [0.29, 0.717) is 12.0 Å². The number of rotatable bonds is 15. The van der Waals surface area contributed by atoms with E-state index in [2.05, 4.69) is 0 Å². The van der Waals surface area contributed by atoms with Crippen molar-refractivity contribution in [2.75, 3.05) is 0 Å². The second-order valence-electron chi connectivity index (χ2n) is 7.80. The Balaban J connectivity index is 2.05. The SMILES string of the molecule is CC(=O)OC(C)CCCCCCCCCCCCc1cc(O)cc(O)c1C(=O)O. The van der Waals surface area contributed by atoms with E-state index >= 15 is 0 Å². The highest BCUT2D eigenvalue weighted by Crippen LogP contribution is 2.28. The van der Waals surface area contributed by atoms with E-state index < -0.39 is 5.97 Å². The molecule has 164 valence electrons. The number of carboxylic acids is 1. The van der Waals surface area contributed by atoms with E-state index in [-0.39, 0.29) is 29.1 Å². The van der Waals surface area contributed by atoms with Crippen LogP contribution in [0.4, 0.5) is 0 Å². The molecule has 29 heavy (non-hydrogen) atoms. The molecular weight excluding hydrogens is 372 g/mol. The maximum absolute atomic E-state index is 11.3. The minimum absolute atomic E-state index is 0.0166. The van der Waals surface area contributed by atoms with Gasteiger partial charge in [0.05, 0.1) is 6.10 Å². The molecule has 3 N–H and O–H groups in total. The Bertz CT molecular complexity index is 641. The summed E-state index contributed by atoms with van der Waals surface area (Å²) in [5.41, 5.74) is 0.378. The molecule has 0 amide bonds. The smallest absolute Gasteiger partial charge is 0.339 e. The van der Waals surface area contributed by atoms with Gasteiger partial charge in [0.1, 0.15) is 17.1 Å². The molecule has 1 aromatic rings. The number of unbranched alkanes of at least 4 members (excludes halogenated alkanes) is 9. The number of benzene rings is 1. The maximum Gasteiger partial charge on any atom is 0.339 e. The van der Waals surface area contributed by atoms with E-state index in [1.54, 1.807) is 0 Å². The van der Waals surface area contributed by atoms with Crippen LogP contribution in [0.3, 0.4) is 0 Å². The van der Waals surface area contributed by atoms with E-state index in [1.165, 1.54) is 51.5 Å². The first-order valence-corrected chi connectivity index (χ1v) is 10.8. The highest BCUT2D eigenvalue weighted by Gasteiger charge is 2.16. The quantitative estimate of drug-likeness (QED) is 0.258. The van der Waals surface area contributed by atoms with Gasteiger partial charge >= 0.3 is 11.9 Å². The first kappa shape index (κ1) is 24.8. The molecule has 6 nitrogen and oxygen atoms in total. The average molecular weight is 409 g/mol. The van der Waals surface area contributed by atoms with Crippen molar-refractivity contribution in [2.24, 2.45) is 0 Å². The fourth-order valence-corrected chi connectivity index (χ4v) is 3.62. The Labute approximate surface area is 173 Å². The number of phenols is 2. The predicted octanol–water partition coefficient (Wildman–Crippen LogP) is 5.58. The predicted molar refractivity (Wildman–Crippen MR) is 112 cm³/mol. The van der Waals surface area contributed by atoms with Gasteiger partial charge in [-0.1, -0.05) is 51.4 Å². The minimum atomic E-state index is -1.17. The summed E-state index contributed by atoms with van der Waals surface area (Å²) in [5.74, 6) is -1.87. The first-order chi connectivity index (χ1) is 13.8. The highest BCUT2D eigenvalue weighted by atomic mass is 16.5. The van der Waals surface area contributed by atoms with Crippen LogP contribution in [0, 0.1) is 0 Å². The summed E-state index contributed by atoms with van der Waals surface area (Å²) >= 11 is 0. The fourth-order valence-electron chi connectivity index (χ4n) is 3.62. The number of hydrogen-bond acceptors (Lipinski definition) is 5. The monoisotopic (exact) mass is 408 g/mol. The van der Waals surface area contributed by atoms with Crippen LogP contribution in [0.15, 0.2) is 12.1 Å². The normalized spacial score (nSPS) is 11.9. The van der Waals surface area contributed by atoms with E-state index in [0.717, 1.165) is 38.2 Å². The molecule has 0 fully saturated rings. The number of carboxylic acid groups (broad SMARTS) is 1. The van der Waals surface area contributed by atoms with Crippen molar-refractivity contribution in [2.45, 2.75) is 97.0 Å². The van der Waals surface area contributed by atoms with Crippen LogP contribution >= 0.6 is 0 Å². The molecular formula is C23H36O6. The Morgan fingerprint density at radius 1 is 0.897 bits per heavy atom. The third kappa shape index (κ3) is 10.8. The van der Waals surface area contributed by atoms with Crippen LogP contribution in [-0.2, 0) is 16.0 Å². The van der Waals surface area contributed by atoms with Crippen molar-refractivity contribution in [3.8, 4) is 11.5 Å². The van der Waals surface area contributed by atoms with Gasteiger partial charge in [-0.2, -0.15) is 0 Å². The van der Waals surface area contributed by atoms with Crippen molar-refractivity contribution >= 4 is 11.9 Å². The molecule has 0 bridgehead atoms. The molecule has 1 atom stereocenters. The Kier molecular flexibility index (Phi) is 11.8. The minimum Gasteiger partial charge on any atom is -0.508 e. The van der Waals surface area contributed by atoms with E-state index in [9.17, 15) is 24.9 Å². The van der Waals surface area contributed by atoms with Crippen LogP contribution in [0.2, 0.25) is 0 Å². The lowest BCUT2D eigenvalue weighted by atomic mass is 9.99. The lowest BCUT2D eigenvalue weighted by Gasteiger charge is -2.11. The number of aromatic hydroxyl groups is 2. The summed E-state index contributed by atoms with van der Waals surface area (Å²) < 4.78 is 5.11. The zero-order valence-corrected chi connectivity index (χ0v) is 17.8. The van der Waals surface area contributed by atoms with Gasteiger partial charge in [0.2, 0.25) is 0 Å². The average Bonchev–Trinajstić information content (AvgIpc) is 2.61. The van der Waals surface area contributed by atoms with Gasteiger partial charge in [0.15, 0.2) is 0 Å². The van der Waals surface area contributed by atoms with Crippen molar-refractivity contribution in [3.63, 3.8) is 0 Å². The van der Waals surface area contributed by atoms with Gasteiger partial charge in [-0.15, -0.1) is 0 Å². The van der Waals surface area contributed by atoms with Crippen LogP contribution in [-0.4, -0.2) is 33.4 Å². The van der Waals surface area contributed by atoms with Crippen LogP contribution < -0.4 is 0 Å². The number of hydrogen-bond donors (Lipinski definition) is 3. The Morgan fingerprint density at radius 2 is 1.41 bits per heavy atom. The van der Waals surface area contributed by atoms with Gasteiger partial charge in [0.25, 0.3) is 0 Å². The Morgan fingerprint density at radius 3 is 1.93 bits per heavy atom. The molecule has 0 heterocycles. The molecule has 0 spiro atoms. The summed E-state index contributed by atoms with van der Waals surface area (Å²) in [6.45, 7) is 3.38. The molecule has 0 aliphatic heterocycles. The molecule has 1 rings (SSSR count). The molecule has 0 saturated carbocycles. The fraction of sp³-hybridized carbons (Fsp3) is 0.652. The second-order valence-corrected chi connectivity index (χ2v) is 7.80. The van der Waals surface area contributed by atoms with Gasteiger partial charge in [-0.3, -0.25) is 4.79 Å². The van der Waals surface area contributed by atoms with Crippen LogP contribution in [0.5, 0.6) is 11.5 Å². The summed E-state index contributed by atoms with van der Waals surface area (Å²) in [4.78, 5) is 22.1. The Hall–Kier alpha value is -2.24. The third-order valence-corrected chi connectivity index (χ3v) is 5.07.